The van der Waals surface area contributed by atoms with Crippen molar-refractivity contribution in [3.05, 3.63) is 92.6 Å². The molecular weight excluding hydrogens is 459 g/mol. The Morgan fingerprint density at radius 3 is 2.64 bits per heavy atom. The van der Waals surface area contributed by atoms with E-state index in [2.05, 4.69) is 16.8 Å². The van der Waals surface area contributed by atoms with Crippen LogP contribution in [0.15, 0.2) is 60.3 Å². The molecule has 3 aromatic rings. The number of methoxy groups -OCH3 is 1. The van der Waals surface area contributed by atoms with Crippen LogP contribution in [0.25, 0.3) is 6.08 Å². The number of anilines is 1. The van der Waals surface area contributed by atoms with Crippen LogP contribution in [-0.2, 0) is 11.2 Å². The molecule has 7 heteroatoms. The summed E-state index contributed by atoms with van der Waals surface area (Å²) in [6, 6.07) is 13.9. The van der Waals surface area contributed by atoms with Gasteiger partial charge in [-0.05, 0) is 53.6 Å². The average molecular weight is 477 g/mol. The van der Waals surface area contributed by atoms with Gasteiger partial charge < -0.3 is 9.64 Å². The third kappa shape index (κ3) is 4.78. The number of aromatic nitrogens is 1. The zero-order valence-electron chi connectivity index (χ0n) is 17.9. The van der Waals surface area contributed by atoms with Gasteiger partial charge in [-0.25, -0.2) is 4.98 Å². The minimum Gasteiger partial charge on any atom is -0.481 e. The maximum atomic E-state index is 13.2. The Kier molecular flexibility index (Phi) is 6.50. The number of carbonyl (C=O) groups excluding carboxylic acids is 2. The van der Waals surface area contributed by atoms with Gasteiger partial charge in [0, 0.05) is 36.9 Å². The molecule has 0 saturated heterocycles. The van der Waals surface area contributed by atoms with Crippen LogP contribution in [0.3, 0.4) is 0 Å². The van der Waals surface area contributed by atoms with Gasteiger partial charge >= 0.3 is 0 Å². The topological polar surface area (TPSA) is 59.5 Å². The number of halogens is 2. The van der Waals surface area contributed by atoms with E-state index in [1.165, 1.54) is 11.0 Å². The van der Waals surface area contributed by atoms with Gasteiger partial charge in [0.15, 0.2) is 0 Å². The van der Waals surface area contributed by atoms with Gasteiger partial charge in [-0.2, -0.15) is 0 Å². The van der Waals surface area contributed by atoms with Crippen molar-refractivity contribution >= 4 is 46.7 Å². The van der Waals surface area contributed by atoms with Crippen LogP contribution in [0.4, 0.5) is 5.69 Å². The molecule has 4 rings (SSSR count). The molecule has 0 N–H and O–H groups in total. The first-order valence-electron chi connectivity index (χ1n) is 9.98. The van der Waals surface area contributed by atoms with E-state index in [0.29, 0.717) is 44.7 Å². The van der Waals surface area contributed by atoms with Crippen LogP contribution in [0, 0.1) is 11.8 Å². The predicted molar refractivity (Wildman–Crippen MR) is 130 cm³/mol. The third-order valence-electron chi connectivity index (χ3n) is 5.17. The number of hydrogen-bond donors (Lipinski definition) is 0. The summed E-state index contributed by atoms with van der Waals surface area (Å²) in [5.74, 6) is 5.98. The molecule has 2 aromatic carbocycles. The van der Waals surface area contributed by atoms with E-state index >= 15 is 0 Å². The Labute approximate surface area is 201 Å². The number of benzene rings is 2. The Morgan fingerprint density at radius 1 is 1.06 bits per heavy atom. The van der Waals surface area contributed by atoms with Crippen molar-refractivity contribution in [1.82, 2.24) is 4.98 Å². The second kappa shape index (κ2) is 9.50. The molecule has 0 radical (unpaired) electrons. The SMILES string of the molecule is COc1cc(CC#Cc2ccc3c(c2)C(=O)C(=Cc2ccc(Cl)c(Cl)c2)C(=O)N3C)ccn1. The number of likely N-dealkylation sites (N-methyl/N-ethyl adjacent to an activating group) is 1. The molecule has 0 unspecified atom stereocenters. The number of amides is 1. The molecule has 164 valence electrons. The first-order valence-corrected chi connectivity index (χ1v) is 10.7. The maximum Gasteiger partial charge on any atom is 0.262 e. The first kappa shape index (κ1) is 22.6. The Morgan fingerprint density at radius 2 is 1.88 bits per heavy atom. The fourth-order valence-corrected chi connectivity index (χ4v) is 3.74. The molecular formula is C26H18Cl2N2O3. The van der Waals surface area contributed by atoms with E-state index in [4.69, 9.17) is 27.9 Å². The molecule has 1 amide bonds. The highest BCUT2D eigenvalue weighted by atomic mass is 35.5. The van der Waals surface area contributed by atoms with E-state index in [1.54, 1.807) is 56.8 Å². The quantitative estimate of drug-likeness (QED) is 0.294. The number of rotatable bonds is 3. The van der Waals surface area contributed by atoms with E-state index in [-0.39, 0.29) is 17.3 Å². The van der Waals surface area contributed by atoms with Crippen LogP contribution in [0.2, 0.25) is 10.0 Å². The number of Topliss-reactive ketones (excluding diaryl/α,β-unsaturated/α-hetero) is 1. The normalized spacial score (nSPS) is 14.1. The summed E-state index contributed by atoms with van der Waals surface area (Å²) in [5.41, 5.74) is 3.28. The highest BCUT2D eigenvalue weighted by molar-refractivity contribution is 6.42. The van der Waals surface area contributed by atoms with Crippen LogP contribution in [0.1, 0.15) is 27.0 Å². The monoisotopic (exact) mass is 476 g/mol. The highest BCUT2D eigenvalue weighted by Crippen LogP contribution is 2.32. The lowest BCUT2D eigenvalue weighted by Crippen LogP contribution is -2.36. The van der Waals surface area contributed by atoms with Crippen molar-refractivity contribution in [2.75, 3.05) is 19.1 Å². The Hall–Kier alpha value is -3.59. The third-order valence-corrected chi connectivity index (χ3v) is 5.91. The van der Waals surface area contributed by atoms with Crippen molar-refractivity contribution < 1.29 is 14.3 Å². The summed E-state index contributed by atoms with van der Waals surface area (Å²) < 4.78 is 5.13. The van der Waals surface area contributed by atoms with Gasteiger partial charge in [0.05, 0.1) is 28.4 Å². The van der Waals surface area contributed by atoms with Gasteiger partial charge in [-0.15, -0.1) is 0 Å². The zero-order chi connectivity index (χ0) is 23.5. The van der Waals surface area contributed by atoms with E-state index in [1.807, 2.05) is 12.1 Å². The highest BCUT2D eigenvalue weighted by Gasteiger charge is 2.32. The molecule has 0 saturated carbocycles. The molecule has 1 aliphatic heterocycles. The number of ketones is 1. The summed E-state index contributed by atoms with van der Waals surface area (Å²) in [6.45, 7) is 0. The Balaban J connectivity index is 1.64. The maximum absolute atomic E-state index is 13.2. The van der Waals surface area contributed by atoms with Crippen molar-refractivity contribution in [3.8, 4) is 17.7 Å². The molecule has 0 atom stereocenters. The van der Waals surface area contributed by atoms with E-state index in [0.717, 1.165) is 5.56 Å². The van der Waals surface area contributed by atoms with E-state index in [9.17, 15) is 9.59 Å². The molecule has 33 heavy (non-hydrogen) atoms. The van der Waals surface area contributed by atoms with Crippen molar-refractivity contribution in [2.45, 2.75) is 6.42 Å². The summed E-state index contributed by atoms with van der Waals surface area (Å²) in [6.07, 6.45) is 3.70. The number of ether oxygens (including phenoxy) is 1. The summed E-state index contributed by atoms with van der Waals surface area (Å²) >= 11 is 12.0. The number of hydrogen-bond acceptors (Lipinski definition) is 4. The van der Waals surface area contributed by atoms with Crippen LogP contribution >= 0.6 is 23.2 Å². The minimum absolute atomic E-state index is 0.0531. The summed E-state index contributed by atoms with van der Waals surface area (Å²) in [5, 5.41) is 0.746. The smallest absolute Gasteiger partial charge is 0.262 e. The average Bonchev–Trinajstić information content (AvgIpc) is 2.82. The van der Waals surface area contributed by atoms with Crippen LogP contribution in [0.5, 0.6) is 5.88 Å². The molecule has 0 aliphatic carbocycles. The lowest BCUT2D eigenvalue weighted by molar-refractivity contribution is -0.114. The Bertz CT molecular complexity index is 1370. The molecule has 0 fully saturated rings. The molecule has 1 aliphatic rings. The van der Waals surface area contributed by atoms with Crippen molar-refractivity contribution in [1.29, 1.82) is 0 Å². The zero-order valence-corrected chi connectivity index (χ0v) is 19.4. The van der Waals surface area contributed by atoms with Gasteiger partial charge in [0.25, 0.3) is 5.91 Å². The number of pyridine rings is 1. The van der Waals surface area contributed by atoms with Crippen molar-refractivity contribution in [2.24, 2.45) is 0 Å². The molecule has 5 nitrogen and oxygen atoms in total. The largest absolute Gasteiger partial charge is 0.481 e. The molecule has 1 aromatic heterocycles. The number of fused-ring (bicyclic) bond motifs is 1. The fraction of sp³-hybridized carbons (Fsp3) is 0.115. The van der Waals surface area contributed by atoms with E-state index < -0.39 is 0 Å². The van der Waals surface area contributed by atoms with Crippen LogP contribution in [-0.4, -0.2) is 30.8 Å². The lowest BCUT2D eigenvalue weighted by Gasteiger charge is -2.26. The first-order chi connectivity index (χ1) is 15.9. The van der Waals surface area contributed by atoms with Gasteiger partial charge in [-0.1, -0.05) is 41.1 Å². The lowest BCUT2D eigenvalue weighted by atomic mass is 9.92. The second-order valence-corrected chi connectivity index (χ2v) is 8.16. The van der Waals surface area contributed by atoms with Gasteiger partial charge in [0.1, 0.15) is 0 Å². The van der Waals surface area contributed by atoms with Gasteiger partial charge in [0.2, 0.25) is 11.7 Å². The number of carbonyl (C=O) groups is 2. The molecule has 2 heterocycles. The fourth-order valence-electron chi connectivity index (χ4n) is 3.44. The minimum atomic E-state index is -0.385. The number of nitrogens with zero attached hydrogens (tertiary/aromatic N) is 2. The summed E-state index contributed by atoms with van der Waals surface area (Å²) in [4.78, 5) is 31.6. The van der Waals surface area contributed by atoms with Crippen LogP contribution < -0.4 is 9.64 Å². The molecule has 0 bridgehead atoms. The predicted octanol–water partition coefficient (Wildman–Crippen LogP) is 5.23. The molecule has 0 spiro atoms. The standard InChI is InChI=1S/C26H18Cl2N2O3/c1-30-23-9-7-16(4-3-5-17-10-11-29-24(15-17)33-2)12-19(23)25(31)20(26(30)32)13-18-6-8-21(27)22(28)14-18/h6-15H,5H2,1-2H3. The van der Waals surface area contributed by atoms with Crippen molar-refractivity contribution in [3.63, 3.8) is 0 Å². The summed E-state index contributed by atoms with van der Waals surface area (Å²) in [7, 11) is 3.20. The van der Waals surface area contributed by atoms with Gasteiger partial charge in [-0.3, -0.25) is 9.59 Å². The second-order valence-electron chi connectivity index (χ2n) is 7.34.